The molecule has 4 heteroatoms. The van der Waals surface area contributed by atoms with Crippen LogP contribution in [0.4, 0.5) is 0 Å². The van der Waals surface area contributed by atoms with Crippen LogP contribution in [-0.2, 0) is 4.79 Å². The van der Waals surface area contributed by atoms with Gasteiger partial charge in [-0.3, -0.25) is 4.79 Å². The first-order valence-electron chi connectivity index (χ1n) is 7.02. The van der Waals surface area contributed by atoms with Crippen molar-refractivity contribution < 1.29 is 4.79 Å². The Morgan fingerprint density at radius 3 is 2.71 bits per heavy atom. The Kier molecular flexibility index (Phi) is 4.40. The summed E-state index contributed by atoms with van der Waals surface area (Å²) in [7, 11) is 0. The molecule has 98 valence electrons. The van der Waals surface area contributed by atoms with Crippen molar-refractivity contribution in [2.45, 2.75) is 44.6 Å². The first kappa shape index (κ1) is 12.8. The fraction of sp³-hybridized carbons (Fsp3) is 0.923. The van der Waals surface area contributed by atoms with Gasteiger partial charge in [0.15, 0.2) is 0 Å². The first-order chi connectivity index (χ1) is 8.27. The van der Waals surface area contributed by atoms with Crippen LogP contribution in [0, 0.1) is 0 Å². The quantitative estimate of drug-likeness (QED) is 0.743. The molecular weight excluding hydrogens is 214 g/mol. The number of hydrogen-bond donors (Lipinski definition) is 2. The van der Waals surface area contributed by atoms with Gasteiger partial charge in [-0.1, -0.05) is 6.92 Å². The summed E-state index contributed by atoms with van der Waals surface area (Å²) in [6.07, 6.45) is 5.62. The molecule has 2 N–H and O–H groups in total. The van der Waals surface area contributed by atoms with E-state index in [1.807, 2.05) is 0 Å². The number of amides is 1. The van der Waals surface area contributed by atoms with Crippen molar-refractivity contribution in [3.63, 3.8) is 0 Å². The highest BCUT2D eigenvalue weighted by atomic mass is 16.2. The molecule has 1 unspecified atom stereocenters. The Hall–Kier alpha value is -0.610. The Morgan fingerprint density at radius 1 is 1.35 bits per heavy atom. The second kappa shape index (κ2) is 5.83. The average molecular weight is 239 g/mol. The van der Waals surface area contributed by atoms with Gasteiger partial charge >= 0.3 is 0 Å². The van der Waals surface area contributed by atoms with Gasteiger partial charge in [0.2, 0.25) is 5.91 Å². The normalized spacial score (nSPS) is 29.7. The van der Waals surface area contributed by atoms with Gasteiger partial charge in [0.05, 0.1) is 5.54 Å². The van der Waals surface area contributed by atoms with Crippen molar-refractivity contribution in [2.75, 3.05) is 32.7 Å². The SMILES string of the molecule is CCC1(C(=O)NCCN2CCCC2)CCCN1. The lowest BCUT2D eigenvalue weighted by Gasteiger charge is -2.27. The molecule has 0 aromatic rings. The van der Waals surface area contributed by atoms with E-state index in [9.17, 15) is 4.79 Å². The zero-order valence-corrected chi connectivity index (χ0v) is 10.9. The van der Waals surface area contributed by atoms with Crippen LogP contribution in [-0.4, -0.2) is 49.1 Å². The molecule has 2 fully saturated rings. The molecule has 2 aliphatic heterocycles. The molecule has 4 nitrogen and oxygen atoms in total. The molecule has 2 aliphatic rings. The van der Waals surface area contributed by atoms with Gasteiger partial charge < -0.3 is 15.5 Å². The minimum atomic E-state index is -0.273. The number of nitrogens with zero attached hydrogens (tertiary/aromatic N) is 1. The fourth-order valence-electron chi connectivity index (χ4n) is 2.97. The number of rotatable bonds is 5. The number of nitrogens with one attached hydrogen (secondary N) is 2. The smallest absolute Gasteiger partial charge is 0.240 e. The van der Waals surface area contributed by atoms with E-state index in [0.29, 0.717) is 0 Å². The van der Waals surface area contributed by atoms with Crippen molar-refractivity contribution in [3.8, 4) is 0 Å². The Balaban J connectivity index is 1.72. The highest BCUT2D eigenvalue weighted by Gasteiger charge is 2.38. The van der Waals surface area contributed by atoms with E-state index >= 15 is 0 Å². The molecule has 0 aromatic heterocycles. The molecule has 0 saturated carbocycles. The van der Waals surface area contributed by atoms with E-state index in [1.54, 1.807) is 0 Å². The molecule has 17 heavy (non-hydrogen) atoms. The summed E-state index contributed by atoms with van der Waals surface area (Å²) in [5.74, 6) is 0.205. The van der Waals surface area contributed by atoms with Crippen molar-refractivity contribution in [1.29, 1.82) is 0 Å². The third kappa shape index (κ3) is 2.99. The Labute approximate surface area is 104 Å². The number of carbonyl (C=O) groups excluding carboxylic acids is 1. The van der Waals surface area contributed by atoms with E-state index < -0.39 is 0 Å². The summed E-state index contributed by atoms with van der Waals surface area (Å²) < 4.78 is 0. The van der Waals surface area contributed by atoms with Crippen LogP contribution in [0.3, 0.4) is 0 Å². The maximum Gasteiger partial charge on any atom is 0.240 e. The third-order valence-electron chi connectivity index (χ3n) is 4.19. The lowest BCUT2D eigenvalue weighted by molar-refractivity contribution is -0.127. The molecule has 0 radical (unpaired) electrons. The van der Waals surface area contributed by atoms with E-state index in [0.717, 1.165) is 38.9 Å². The molecule has 2 heterocycles. The average Bonchev–Trinajstić information content (AvgIpc) is 3.00. The fourth-order valence-corrected chi connectivity index (χ4v) is 2.97. The van der Waals surface area contributed by atoms with Gasteiger partial charge in [0.25, 0.3) is 0 Å². The highest BCUT2D eigenvalue weighted by molar-refractivity contribution is 5.86. The molecule has 0 spiro atoms. The van der Waals surface area contributed by atoms with Crippen LogP contribution in [0.2, 0.25) is 0 Å². The highest BCUT2D eigenvalue weighted by Crippen LogP contribution is 2.22. The topological polar surface area (TPSA) is 44.4 Å². The molecule has 1 amide bonds. The van der Waals surface area contributed by atoms with Gasteiger partial charge in [-0.15, -0.1) is 0 Å². The summed E-state index contributed by atoms with van der Waals surface area (Å²) in [5.41, 5.74) is -0.273. The van der Waals surface area contributed by atoms with Gasteiger partial charge in [-0.05, 0) is 51.7 Å². The van der Waals surface area contributed by atoms with E-state index in [-0.39, 0.29) is 11.4 Å². The molecular formula is C13H25N3O. The minimum Gasteiger partial charge on any atom is -0.353 e. The number of carbonyl (C=O) groups is 1. The zero-order chi connectivity index (χ0) is 12.1. The summed E-state index contributed by atoms with van der Waals surface area (Å²) in [6, 6.07) is 0. The van der Waals surface area contributed by atoms with E-state index in [1.165, 1.54) is 25.9 Å². The maximum absolute atomic E-state index is 12.2. The molecule has 0 aromatic carbocycles. The first-order valence-corrected chi connectivity index (χ1v) is 7.02. The predicted octanol–water partition coefficient (Wildman–Crippen LogP) is 0.731. The zero-order valence-electron chi connectivity index (χ0n) is 10.9. The predicted molar refractivity (Wildman–Crippen MR) is 68.9 cm³/mol. The van der Waals surface area contributed by atoms with Gasteiger partial charge in [0.1, 0.15) is 0 Å². The van der Waals surface area contributed by atoms with E-state index in [2.05, 4.69) is 22.5 Å². The summed E-state index contributed by atoms with van der Waals surface area (Å²) in [4.78, 5) is 14.6. The van der Waals surface area contributed by atoms with Crippen LogP contribution >= 0.6 is 0 Å². The summed E-state index contributed by atoms with van der Waals surface area (Å²) >= 11 is 0. The minimum absolute atomic E-state index is 0.205. The Morgan fingerprint density at radius 2 is 2.12 bits per heavy atom. The summed E-state index contributed by atoms with van der Waals surface area (Å²) in [6.45, 7) is 7.28. The second-order valence-corrected chi connectivity index (χ2v) is 5.27. The van der Waals surface area contributed by atoms with Crippen LogP contribution in [0.1, 0.15) is 39.0 Å². The monoisotopic (exact) mass is 239 g/mol. The molecule has 0 aliphatic carbocycles. The van der Waals surface area contributed by atoms with Gasteiger partial charge in [0, 0.05) is 13.1 Å². The number of hydrogen-bond acceptors (Lipinski definition) is 3. The number of likely N-dealkylation sites (tertiary alicyclic amines) is 1. The van der Waals surface area contributed by atoms with Crippen LogP contribution in [0.25, 0.3) is 0 Å². The van der Waals surface area contributed by atoms with Crippen LogP contribution < -0.4 is 10.6 Å². The molecule has 2 saturated heterocycles. The Bertz CT molecular complexity index is 255. The maximum atomic E-state index is 12.2. The van der Waals surface area contributed by atoms with Crippen molar-refractivity contribution in [3.05, 3.63) is 0 Å². The second-order valence-electron chi connectivity index (χ2n) is 5.27. The van der Waals surface area contributed by atoms with Gasteiger partial charge in [-0.25, -0.2) is 0 Å². The molecule has 2 rings (SSSR count). The largest absolute Gasteiger partial charge is 0.353 e. The lowest BCUT2D eigenvalue weighted by Crippen LogP contribution is -2.54. The molecule has 0 bridgehead atoms. The molecule has 1 atom stereocenters. The van der Waals surface area contributed by atoms with Gasteiger partial charge in [-0.2, -0.15) is 0 Å². The van der Waals surface area contributed by atoms with E-state index in [4.69, 9.17) is 0 Å². The van der Waals surface area contributed by atoms with Crippen molar-refractivity contribution >= 4 is 5.91 Å². The van der Waals surface area contributed by atoms with Crippen LogP contribution in [0.15, 0.2) is 0 Å². The summed E-state index contributed by atoms with van der Waals surface area (Å²) in [5, 5.41) is 6.47. The lowest BCUT2D eigenvalue weighted by atomic mass is 9.93. The third-order valence-corrected chi connectivity index (χ3v) is 4.19. The van der Waals surface area contributed by atoms with Crippen molar-refractivity contribution in [2.24, 2.45) is 0 Å². The van der Waals surface area contributed by atoms with Crippen LogP contribution in [0.5, 0.6) is 0 Å². The van der Waals surface area contributed by atoms with Crippen molar-refractivity contribution in [1.82, 2.24) is 15.5 Å². The standard InChI is InChI=1S/C13H25N3O/c1-2-13(6-5-7-15-13)12(17)14-8-11-16-9-3-4-10-16/h15H,2-11H2,1H3,(H,14,17).